The molecule has 1 heterocycles. The molecular formula is C12H10F2O5. The van der Waals surface area contributed by atoms with Crippen molar-refractivity contribution in [3.8, 4) is 11.5 Å². The van der Waals surface area contributed by atoms with Crippen LogP contribution in [0.5, 0.6) is 11.5 Å². The van der Waals surface area contributed by atoms with Crippen LogP contribution >= 0.6 is 0 Å². The van der Waals surface area contributed by atoms with Crippen LogP contribution in [0.1, 0.15) is 28.8 Å². The van der Waals surface area contributed by atoms with E-state index in [4.69, 9.17) is 14.6 Å². The molecule has 1 aromatic rings. The molecule has 1 N–H and O–H groups in total. The highest BCUT2D eigenvalue weighted by atomic mass is 19.3. The number of carbonyl (C=O) groups excluding carboxylic acids is 1. The van der Waals surface area contributed by atoms with E-state index in [1.54, 1.807) is 0 Å². The Balaban J connectivity index is 2.55. The topological polar surface area (TPSA) is 72.8 Å². The van der Waals surface area contributed by atoms with E-state index in [9.17, 15) is 18.4 Å². The molecule has 0 saturated carbocycles. The summed E-state index contributed by atoms with van der Waals surface area (Å²) in [7, 11) is 0. The van der Waals surface area contributed by atoms with Crippen LogP contribution in [0.2, 0.25) is 0 Å². The molecule has 1 aliphatic rings. The normalized spacial score (nSPS) is 14.1. The first-order valence-electron chi connectivity index (χ1n) is 5.50. The third-order valence-corrected chi connectivity index (χ3v) is 2.59. The van der Waals surface area contributed by atoms with Gasteiger partial charge in [-0.05, 0) is 12.1 Å². The number of rotatable bonds is 3. The standard InChI is InChI=1S/C12H10F2O5/c13-11(14)7-5-9-8(18-2-1-3-19-9)4-6(7)10(15)12(16)17/h4-5,11H,1-3H2,(H,16,17). The van der Waals surface area contributed by atoms with E-state index in [1.807, 2.05) is 0 Å². The number of alkyl halides is 2. The number of carboxylic acid groups (broad SMARTS) is 1. The Labute approximate surface area is 106 Å². The highest BCUT2D eigenvalue weighted by Gasteiger charge is 2.26. The number of benzene rings is 1. The number of halogens is 2. The molecule has 102 valence electrons. The van der Waals surface area contributed by atoms with Crippen LogP contribution in [0.4, 0.5) is 8.78 Å². The van der Waals surface area contributed by atoms with E-state index >= 15 is 0 Å². The van der Waals surface area contributed by atoms with Gasteiger partial charge < -0.3 is 14.6 Å². The van der Waals surface area contributed by atoms with E-state index in [1.165, 1.54) is 0 Å². The molecule has 0 unspecified atom stereocenters. The molecule has 0 aromatic heterocycles. The molecule has 0 saturated heterocycles. The zero-order valence-corrected chi connectivity index (χ0v) is 9.69. The third-order valence-electron chi connectivity index (χ3n) is 2.59. The lowest BCUT2D eigenvalue weighted by Crippen LogP contribution is -2.15. The maximum Gasteiger partial charge on any atom is 0.377 e. The fourth-order valence-electron chi connectivity index (χ4n) is 1.72. The molecule has 1 aliphatic heterocycles. The van der Waals surface area contributed by atoms with Gasteiger partial charge >= 0.3 is 5.97 Å². The average molecular weight is 272 g/mol. The second-order valence-electron chi connectivity index (χ2n) is 3.87. The lowest BCUT2D eigenvalue weighted by Gasteiger charge is -2.12. The zero-order chi connectivity index (χ0) is 14.0. The van der Waals surface area contributed by atoms with Crippen molar-refractivity contribution >= 4 is 11.8 Å². The van der Waals surface area contributed by atoms with Gasteiger partial charge in [-0.2, -0.15) is 0 Å². The van der Waals surface area contributed by atoms with Gasteiger partial charge in [0.2, 0.25) is 0 Å². The highest BCUT2D eigenvalue weighted by molar-refractivity contribution is 6.40. The Kier molecular flexibility index (Phi) is 3.64. The van der Waals surface area contributed by atoms with Crippen molar-refractivity contribution < 1.29 is 33.0 Å². The summed E-state index contributed by atoms with van der Waals surface area (Å²) in [4.78, 5) is 22.1. The lowest BCUT2D eigenvalue weighted by atomic mass is 10.0. The molecule has 0 aliphatic carbocycles. The molecule has 0 radical (unpaired) electrons. The van der Waals surface area contributed by atoms with Gasteiger partial charge in [-0.15, -0.1) is 0 Å². The van der Waals surface area contributed by atoms with E-state index in [0.29, 0.717) is 19.6 Å². The summed E-state index contributed by atoms with van der Waals surface area (Å²) >= 11 is 0. The Hall–Kier alpha value is -2.18. The van der Waals surface area contributed by atoms with Crippen molar-refractivity contribution in [2.75, 3.05) is 13.2 Å². The van der Waals surface area contributed by atoms with Gasteiger partial charge in [0.1, 0.15) is 0 Å². The van der Waals surface area contributed by atoms with Gasteiger partial charge in [-0.1, -0.05) is 0 Å². The van der Waals surface area contributed by atoms with Gasteiger partial charge in [-0.25, -0.2) is 13.6 Å². The second-order valence-corrected chi connectivity index (χ2v) is 3.87. The number of hydrogen-bond donors (Lipinski definition) is 1. The van der Waals surface area contributed by atoms with E-state index in [2.05, 4.69) is 0 Å². The number of carboxylic acids is 1. The number of ketones is 1. The summed E-state index contributed by atoms with van der Waals surface area (Å²) in [5.41, 5.74) is -1.25. The highest BCUT2D eigenvalue weighted by Crippen LogP contribution is 2.36. The van der Waals surface area contributed by atoms with Crippen molar-refractivity contribution in [3.63, 3.8) is 0 Å². The van der Waals surface area contributed by atoms with E-state index in [0.717, 1.165) is 12.1 Å². The van der Waals surface area contributed by atoms with Crippen LogP contribution in [0.3, 0.4) is 0 Å². The molecule has 0 bridgehead atoms. The fraction of sp³-hybridized carbons (Fsp3) is 0.333. The first-order chi connectivity index (χ1) is 9.00. The number of hydrogen-bond acceptors (Lipinski definition) is 4. The number of ether oxygens (including phenoxy) is 2. The van der Waals surface area contributed by atoms with Crippen molar-refractivity contribution in [2.24, 2.45) is 0 Å². The van der Waals surface area contributed by atoms with Crippen LogP contribution in [0.25, 0.3) is 0 Å². The van der Waals surface area contributed by atoms with Gasteiger partial charge in [-0.3, -0.25) is 4.79 Å². The molecule has 1 aromatic carbocycles. The molecule has 5 nitrogen and oxygen atoms in total. The van der Waals surface area contributed by atoms with Crippen molar-refractivity contribution in [1.82, 2.24) is 0 Å². The predicted octanol–water partition coefficient (Wildman–Crippen LogP) is 2.05. The molecule has 7 heteroatoms. The average Bonchev–Trinajstić information content (AvgIpc) is 2.60. The number of aliphatic carboxylic acids is 1. The summed E-state index contributed by atoms with van der Waals surface area (Å²) in [5, 5.41) is 8.63. The summed E-state index contributed by atoms with van der Waals surface area (Å²) in [6, 6.07) is 1.96. The molecular weight excluding hydrogens is 262 g/mol. The Bertz CT molecular complexity index is 527. The molecule has 19 heavy (non-hydrogen) atoms. The van der Waals surface area contributed by atoms with Crippen LogP contribution in [0.15, 0.2) is 12.1 Å². The summed E-state index contributed by atoms with van der Waals surface area (Å²) in [6.45, 7) is 0.615. The Morgan fingerprint density at radius 1 is 1.16 bits per heavy atom. The SMILES string of the molecule is O=C(O)C(=O)c1cc2c(cc1C(F)F)OCCCO2. The smallest absolute Gasteiger partial charge is 0.377 e. The molecule has 0 fully saturated rings. The van der Waals surface area contributed by atoms with Crippen LogP contribution in [-0.2, 0) is 4.79 Å². The monoisotopic (exact) mass is 272 g/mol. The fourth-order valence-corrected chi connectivity index (χ4v) is 1.72. The van der Waals surface area contributed by atoms with Gasteiger partial charge in [0.15, 0.2) is 11.5 Å². The number of Topliss-reactive ketones (excluding diaryl/α,β-unsaturated/α-hetero) is 1. The molecule has 0 atom stereocenters. The molecule has 2 rings (SSSR count). The third kappa shape index (κ3) is 2.64. The minimum Gasteiger partial charge on any atom is -0.490 e. The Morgan fingerprint density at radius 2 is 1.74 bits per heavy atom. The zero-order valence-electron chi connectivity index (χ0n) is 9.69. The minimum atomic E-state index is -2.98. The van der Waals surface area contributed by atoms with Crippen LogP contribution in [0, 0.1) is 0 Å². The summed E-state index contributed by atoms with van der Waals surface area (Å²) in [6.07, 6.45) is -2.41. The number of fused-ring (bicyclic) bond motifs is 1. The number of carbonyl (C=O) groups is 2. The van der Waals surface area contributed by atoms with E-state index in [-0.39, 0.29) is 11.5 Å². The van der Waals surface area contributed by atoms with Crippen molar-refractivity contribution in [1.29, 1.82) is 0 Å². The molecule has 0 amide bonds. The van der Waals surface area contributed by atoms with E-state index < -0.39 is 29.3 Å². The van der Waals surface area contributed by atoms with Gasteiger partial charge in [0.05, 0.1) is 13.2 Å². The van der Waals surface area contributed by atoms with Crippen LogP contribution < -0.4 is 9.47 Å². The largest absolute Gasteiger partial charge is 0.490 e. The lowest BCUT2D eigenvalue weighted by molar-refractivity contribution is -0.131. The second kappa shape index (κ2) is 5.21. The Morgan fingerprint density at radius 3 is 2.26 bits per heavy atom. The first-order valence-corrected chi connectivity index (χ1v) is 5.50. The summed E-state index contributed by atoms with van der Waals surface area (Å²) in [5.74, 6) is -3.00. The van der Waals surface area contributed by atoms with Gasteiger partial charge in [0.25, 0.3) is 12.2 Å². The molecule has 0 spiro atoms. The van der Waals surface area contributed by atoms with Crippen LogP contribution in [-0.4, -0.2) is 30.1 Å². The predicted molar refractivity (Wildman–Crippen MR) is 59.0 cm³/mol. The first kappa shape index (κ1) is 13.3. The van der Waals surface area contributed by atoms with Crippen molar-refractivity contribution in [2.45, 2.75) is 12.8 Å². The quantitative estimate of drug-likeness (QED) is 0.673. The summed E-state index contributed by atoms with van der Waals surface area (Å²) < 4.78 is 36.2. The minimum absolute atomic E-state index is 0.0924. The maximum atomic E-state index is 12.9. The van der Waals surface area contributed by atoms with Gasteiger partial charge in [0, 0.05) is 17.5 Å². The maximum absolute atomic E-state index is 12.9. The van der Waals surface area contributed by atoms with Crippen molar-refractivity contribution in [3.05, 3.63) is 23.3 Å².